The Morgan fingerprint density at radius 3 is 1.94 bits per heavy atom. The SMILES string of the molecule is CCCCC(CC)CC(O)(CC)C(C)(C)C. The Kier molecular flexibility index (Phi) is 6.62. The van der Waals surface area contributed by atoms with E-state index < -0.39 is 5.60 Å². The van der Waals surface area contributed by atoms with Gasteiger partial charge in [0.05, 0.1) is 5.60 Å². The van der Waals surface area contributed by atoms with Gasteiger partial charge in [-0.2, -0.15) is 0 Å². The number of aliphatic hydroxyl groups is 1. The topological polar surface area (TPSA) is 20.2 Å². The Hall–Kier alpha value is -0.0400. The molecule has 1 nitrogen and oxygen atoms in total. The van der Waals surface area contributed by atoms with Gasteiger partial charge in [-0.05, 0) is 24.2 Å². The van der Waals surface area contributed by atoms with Crippen molar-refractivity contribution in [2.45, 2.75) is 85.7 Å². The third-order valence-corrected chi connectivity index (χ3v) is 4.15. The van der Waals surface area contributed by atoms with E-state index in [1.165, 1.54) is 25.7 Å². The molecule has 0 aliphatic carbocycles. The van der Waals surface area contributed by atoms with Crippen molar-refractivity contribution in [1.29, 1.82) is 0 Å². The zero-order chi connectivity index (χ0) is 12.8. The highest BCUT2D eigenvalue weighted by atomic mass is 16.3. The van der Waals surface area contributed by atoms with Crippen molar-refractivity contribution in [3.05, 3.63) is 0 Å². The maximum absolute atomic E-state index is 10.8. The van der Waals surface area contributed by atoms with Crippen molar-refractivity contribution in [2.24, 2.45) is 11.3 Å². The summed E-state index contributed by atoms with van der Waals surface area (Å²) in [7, 11) is 0. The van der Waals surface area contributed by atoms with Crippen LogP contribution in [0, 0.1) is 11.3 Å². The number of rotatable bonds is 7. The standard InChI is InChI=1S/C15H32O/c1-7-10-11-13(8-2)12-15(16,9-3)14(4,5)6/h13,16H,7-12H2,1-6H3. The monoisotopic (exact) mass is 228 g/mol. The van der Waals surface area contributed by atoms with Crippen molar-refractivity contribution in [3.63, 3.8) is 0 Å². The lowest BCUT2D eigenvalue weighted by molar-refractivity contribution is -0.0796. The lowest BCUT2D eigenvalue weighted by atomic mass is 9.69. The van der Waals surface area contributed by atoms with Crippen molar-refractivity contribution in [3.8, 4) is 0 Å². The van der Waals surface area contributed by atoms with Crippen molar-refractivity contribution >= 4 is 0 Å². The first-order valence-electron chi connectivity index (χ1n) is 7.03. The Bertz CT molecular complexity index is 180. The summed E-state index contributed by atoms with van der Waals surface area (Å²) in [6, 6.07) is 0. The molecule has 98 valence electrons. The lowest BCUT2D eigenvalue weighted by Crippen LogP contribution is -2.43. The minimum absolute atomic E-state index is 0.0125. The fourth-order valence-corrected chi connectivity index (χ4v) is 2.40. The summed E-state index contributed by atoms with van der Waals surface area (Å²) in [6.45, 7) is 13.1. The Balaban J connectivity index is 4.49. The average molecular weight is 228 g/mol. The molecule has 2 atom stereocenters. The highest BCUT2D eigenvalue weighted by Crippen LogP contribution is 2.39. The minimum Gasteiger partial charge on any atom is -0.389 e. The van der Waals surface area contributed by atoms with Crippen LogP contribution in [0.15, 0.2) is 0 Å². The molecule has 0 aromatic rings. The van der Waals surface area contributed by atoms with Crippen LogP contribution < -0.4 is 0 Å². The molecule has 0 spiro atoms. The fraction of sp³-hybridized carbons (Fsp3) is 1.00. The van der Waals surface area contributed by atoms with E-state index in [0.29, 0.717) is 5.92 Å². The summed E-state index contributed by atoms with van der Waals surface area (Å²) in [5.74, 6) is 0.684. The molecule has 0 bridgehead atoms. The van der Waals surface area contributed by atoms with Crippen LogP contribution >= 0.6 is 0 Å². The molecule has 0 saturated heterocycles. The van der Waals surface area contributed by atoms with Crippen LogP contribution in [0.4, 0.5) is 0 Å². The lowest BCUT2D eigenvalue weighted by Gasteiger charge is -2.42. The molecule has 1 N–H and O–H groups in total. The van der Waals surface area contributed by atoms with E-state index in [1.54, 1.807) is 0 Å². The Morgan fingerprint density at radius 1 is 1.06 bits per heavy atom. The zero-order valence-corrected chi connectivity index (χ0v) is 12.3. The van der Waals surface area contributed by atoms with Crippen LogP contribution in [0.2, 0.25) is 0 Å². The fourth-order valence-electron chi connectivity index (χ4n) is 2.40. The van der Waals surface area contributed by atoms with E-state index in [1.807, 2.05) is 0 Å². The second kappa shape index (κ2) is 6.64. The predicted molar refractivity (Wildman–Crippen MR) is 72.6 cm³/mol. The molecule has 16 heavy (non-hydrogen) atoms. The van der Waals surface area contributed by atoms with Crippen molar-refractivity contribution < 1.29 is 5.11 Å². The third-order valence-electron chi connectivity index (χ3n) is 4.15. The van der Waals surface area contributed by atoms with E-state index in [4.69, 9.17) is 0 Å². The average Bonchev–Trinajstić information content (AvgIpc) is 2.22. The second-order valence-electron chi connectivity index (χ2n) is 6.26. The van der Waals surface area contributed by atoms with Gasteiger partial charge in [0.2, 0.25) is 0 Å². The molecule has 0 fully saturated rings. The van der Waals surface area contributed by atoms with Crippen LogP contribution in [0.3, 0.4) is 0 Å². The molecule has 0 aromatic carbocycles. The van der Waals surface area contributed by atoms with Crippen LogP contribution in [-0.4, -0.2) is 10.7 Å². The normalized spacial score (nSPS) is 18.2. The van der Waals surface area contributed by atoms with Gasteiger partial charge in [-0.3, -0.25) is 0 Å². The number of hydrogen-bond donors (Lipinski definition) is 1. The summed E-state index contributed by atoms with van der Waals surface area (Å²) >= 11 is 0. The summed E-state index contributed by atoms with van der Waals surface area (Å²) in [5, 5.41) is 10.8. The smallest absolute Gasteiger partial charge is 0.0695 e. The van der Waals surface area contributed by atoms with Gasteiger partial charge in [0, 0.05) is 0 Å². The van der Waals surface area contributed by atoms with E-state index in [-0.39, 0.29) is 5.41 Å². The number of unbranched alkanes of at least 4 members (excludes halogenated alkanes) is 1. The van der Waals surface area contributed by atoms with Gasteiger partial charge in [-0.25, -0.2) is 0 Å². The van der Waals surface area contributed by atoms with Crippen LogP contribution in [0.1, 0.15) is 80.1 Å². The van der Waals surface area contributed by atoms with E-state index in [2.05, 4.69) is 41.5 Å². The van der Waals surface area contributed by atoms with Gasteiger partial charge in [-0.1, -0.05) is 67.2 Å². The predicted octanol–water partition coefficient (Wildman–Crippen LogP) is 4.78. The molecule has 0 radical (unpaired) electrons. The van der Waals surface area contributed by atoms with Gasteiger partial charge < -0.3 is 5.11 Å². The summed E-state index contributed by atoms with van der Waals surface area (Å²) in [6.07, 6.45) is 6.84. The third kappa shape index (κ3) is 4.45. The van der Waals surface area contributed by atoms with Gasteiger partial charge >= 0.3 is 0 Å². The highest BCUT2D eigenvalue weighted by molar-refractivity contribution is 4.90. The quantitative estimate of drug-likeness (QED) is 0.665. The molecule has 0 aliphatic heterocycles. The summed E-state index contributed by atoms with van der Waals surface area (Å²) in [4.78, 5) is 0. The van der Waals surface area contributed by atoms with Crippen LogP contribution in [0.25, 0.3) is 0 Å². The van der Waals surface area contributed by atoms with Crippen molar-refractivity contribution in [2.75, 3.05) is 0 Å². The summed E-state index contributed by atoms with van der Waals surface area (Å²) in [5.41, 5.74) is -0.511. The van der Waals surface area contributed by atoms with E-state index in [9.17, 15) is 5.11 Å². The summed E-state index contributed by atoms with van der Waals surface area (Å²) < 4.78 is 0. The molecule has 1 heteroatoms. The second-order valence-corrected chi connectivity index (χ2v) is 6.26. The Labute approximate surface area is 103 Å². The van der Waals surface area contributed by atoms with Gasteiger partial charge in [0.15, 0.2) is 0 Å². The van der Waals surface area contributed by atoms with Crippen LogP contribution in [0.5, 0.6) is 0 Å². The largest absolute Gasteiger partial charge is 0.389 e. The van der Waals surface area contributed by atoms with Gasteiger partial charge in [0.1, 0.15) is 0 Å². The molecule has 0 saturated carbocycles. The molecule has 0 aliphatic rings. The zero-order valence-electron chi connectivity index (χ0n) is 12.3. The molecule has 0 rings (SSSR count). The van der Waals surface area contributed by atoms with Crippen LogP contribution in [-0.2, 0) is 0 Å². The molecular formula is C15H32O. The van der Waals surface area contributed by atoms with E-state index >= 15 is 0 Å². The molecule has 2 unspecified atom stereocenters. The van der Waals surface area contributed by atoms with E-state index in [0.717, 1.165) is 12.8 Å². The van der Waals surface area contributed by atoms with Crippen molar-refractivity contribution in [1.82, 2.24) is 0 Å². The highest BCUT2D eigenvalue weighted by Gasteiger charge is 2.39. The Morgan fingerprint density at radius 2 is 1.62 bits per heavy atom. The first-order chi connectivity index (χ1) is 7.30. The van der Waals surface area contributed by atoms with Gasteiger partial charge in [0.25, 0.3) is 0 Å². The number of hydrogen-bond acceptors (Lipinski definition) is 1. The molecular weight excluding hydrogens is 196 g/mol. The maximum atomic E-state index is 10.8. The first-order valence-corrected chi connectivity index (χ1v) is 7.03. The minimum atomic E-state index is -0.499. The van der Waals surface area contributed by atoms with Gasteiger partial charge in [-0.15, -0.1) is 0 Å². The first kappa shape index (κ1) is 16.0. The molecule has 0 heterocycles. The molecule has 0 aromatic heterocycles. The maximum Gasteiger partial charge on any atom is 0.0695 e. The molecule has 0 amide bonds.